The number of nitrogens with one attached hydrogen (secondary N) is 2. The average molecular weight is 250 g/mol. The molecule has 0 aliphatic carbocycles. The summed E-state index contributed by atoms with van der Waals surface area (Å²) in [5, 5.41) is 3.43. The molecule has 0 aromatic carbocycles. The van der Waals surface area contributed by atoms with Crippen LogP contribution >= 0.6 is 0 Å². The first-order valence-corrected chi connectivity index (χ1v) is 6.87. The van der Waals surface area contributed by atoms with Crippen LogP contribution in [-0.4, -0.2) is 54.8 Å². The van der Waals surface area contributed by atoms with E-state index in [0.29, 0.717) is 5.92 Å². The molecule has 0 spiro atoms. The van der Waals surface area contributed by atoms with Gasteiger partial charge in [-0.05, 0) is 26.4 Å². The number of likely N-dealkylation sites (N-methyl/N-ethyl adjacent to an activating group) is 1. The number of hydrogen-bond donors (Lipinski definition) is 2. The highest BCUT2D eigenvalue weighted by Crippen LogP contribution is 2.25. The maximum atomic E-state index is 5.48. The fourth-order valence-corrected chi connectivity index (χ4v) is 2.90. The highest BCUT2D eigenvalue weighted by Gasteiger charge is 2.23. The Balaban J connectivity index is 1.68. The SMILES string of the molecule is CN1CCCC(c2cnc(C3COCCN3)[nH]2)C1. The number of aromatic nitrogens is 2. The lowest BCUT2D eigenvalue weighted by Crippen LogP contribution is -2.35. The van der Waals surface area contributed by atoms with Crippen molar-refractivity contribution in [2.75, 3.05) is 39.9 Å². The summed E-state index contributed by atoms with van der Waals surface area (Å²) in [6.45, 7) is 4.79. The number of aromatic amines is 1. The number of piperidine rings is 1. The molecule has 2 atom stereocenters. The van der Waals surface area contributed by atoms with Crippen LogP contribution in [0.1, 0.15) is 36.3 Å². The van der Waals surface area contributed by atoms with Crippen LogP contribution in [0.2, 0.25) is 0 Å². The lowest BCUT2D eigenvalue weighted by molar-refractivity contribution is 0.0744. The third-order valence-corrected chi connectivity index (χ3v) is 3.93. The molecule has 0 radical (unpaired) electrons. The van der Waals surface area contributed by atoms with Crippen molar-refractivity contribution in [3.8, 4) is 0 Å². The van der Waals surface area contributed by atoms with Crippen molar-refractivity contribution in [3.05, 3.63) is 17.7 Å². The second kappa shape index (κ2) is 5.38. The van der Waals surface area contributed by atoms with Crippen LogP contribution in [0.4, 0.5) is 0 Å². The Bertz CT molecular complexity index is 386. The molecule has 2 fully saturated rings. The van der Waals surface area contributed by atoms with E-state index in [2.05, 4.69) is 27.2 Å². The van der Waals surface area contributed by atoms with E-state index in [1.165, 1.54) is 25.1 Å². The standard InChI is InChI=1S/C13H22N4O/c1-17-5-2-3-10(8-17)11-7-15-13(16-11)12-9-18-6-4-14-12/h7,10,12,14H,2-6,8-9H2,1H3,(H,15,16). The predicted octanol–water partition coefficient (Wildman–Crippen LogP) is 0.880. The van der Waals surface area contributed by atoms with Crippen LogP contribution in [0.15, 0.2) is 6.20 Å². The van der Waals surface area contributed by atoms with Crippen LogP contribution in [0, 0.1) is 0 Å². The van der Waals surface area contributed by atoms with Gasteiger partial charge in [-0.25, -0.2) is 4.98 Å². The largest absolute Gasteiger partial charge is 0.378 e. The van der Waals surface area contributed by atoms with Gasteiger partial charge in [0.1, 0.15) is 5.82 Å². The molecule has 2 aliphatic rings. The molecule has 3 heterocycles. The summed E-state index contributed by atoms with van der Waals surface area (Å²) >= 11 is 0. The van der Waals surface area contributed by atoms with Crippen molar-refractivity contribution in [1.82, 2.24) is 20.2 Å². The number of likely N-dealkylation sites (tertiary alicyclic amines) is 1. The van der Waals surface area contributed by atoms with E-state index in [1.807, 2.05) is 6.20 Å². The van der Waals surface area contributed by atoms with Crippen LogP contribution < -0.4 is 5.32 Å². The average Bonchev–Trinajstić information content (AvgIpc) is 2.89. The Morgan fingerprint density at radius 1 is 1.50 bits per heavy atom. The van der Waals surface area contributed by atoms with E-state index in [9.17, 15) is 0 Å². The second-order valence-corrected chi connectivity index (χ2v) is 5.41. The summed E-state index contributed by atoms with van der Waals surface area (Å²) in [5.74, 6) is 1.63. The van der Waals surface area contributed by atoms with Gasteiger partial charge >= 0.3 is 0 Å². The normalized spacial score (nSPS) is 30.5. The Labute approximate surface area is 108 Å². The molecule has 0 saturated carbocycles. The van der Waals surface area contributed by atoms with Crippen LogP contribution in [0.3, 0.4) is 0 Å². The molecular weight excluding hydrogens is 228 g/mol. The van der Waals surface area contributed by atoms with Gasteiger partial charge in [0.2, 0.25) is 0 Å². The maximum Gasteiger partial charge on any atom is 0.125 e. The number of ether oxygens (including phenoxy) is 1. The van der Waals surface area contributed by atoms with E-state index in [4.69, 9.17) is 4.74 Å². The fourth-order valence-electron chi connectivity index (χ4n) is 2.90. The van der Waals surface area contributed by atoms with E-state index < -0.39 is 0 Å². The smallest absolute Gasteiger partial charge is 0.125 e. The van der Waals surface area contributed by atoms with Gasteiger partial charge in [-0.2, -0.15) is 0 Å². The third kappa shape index (κ3) is 2.58. The van der Waals surface area contributed by atoms with Crippen molar-refractivity contribution < 1.29 is 4.74 Å². The van der Waals surface area contributed by atoms with Crippen molar-refractivity contribution in [2.45, 2.75) is 24.8 Å². The molecule has 5 heteroatoms. The Kier molecular flexibility index (Phi) is 3.63. The minimum atomic E-state index is 0.230. The molecule has 100 valence electrons. The zero-order valence-corrected chi connectivity index (χ0v) is 11.0. The summed E-state index contributed by atoms with van der Waals surface area (Å²) in [7, 11) is 2.19. The number of hydrogen-bond acceptors (Lipinski definition) is 4. The van der Waals surface area contributed by atoms with Gasteiger partial charge in [-0.15, -0.1) is 0 Å². The molecule has 0 amide bonds. The molecule has 5 nitrogen and oxygen atoms in total. The van der Waals surface area contributed by atoms with Gasteiger partial charge in [-0.1, -0.05) is 0 Å². The highest BCUT2D eigenvalue weighted by atomic mass is 16.5. The zero-order valence-electron chi connectivity index (χ0n) is 11.0. The third-order valence-electron chi connectivity index (χ3n) is 3.93. The van der Waals surface area contributed by atoms with E-state index in [0.717, 1.165) is 32.1 Å². The van der Waals surface area contributed by atoms with Crippen LogP contribution in [0.5, 0.6) is 0 Å². The maximum absolute atomic E-state index is 5.48. The number of H-pyrrole nitrogens is 1. The monoisotopic (exact) mass is 250 g/mol. The zero-order chi connectivity index (χ0) is 12.4. The van der Waals surface area contributed by atoms with Gasteiger partial charge in [0.25, 0.3) is 0 Å². The van der Waals surface area contributed by atoms with Crippen molar-refractivity contribution >= 4 is 0 Å². The van der Waals surface area contributed by atoms with Crippen molar-refractivity contribution in [1.29, 1.82) is 0 Å². The van der Waals surface area contributed by atoms with E-state index in [-0.39, 0.29) is 6.04 Å². The summed E-state index contributed by atoms with van der Waals surface area (Å²) in [5.41, 5.74) is 1.28. The van der Waals surface area contributed by atoms with Gasteiger partial charge in [0.05, 0.1) is 19.3 Å². The Morgan fingerprint density at radius 2 is 2.44 bits per heavy atom. The number of imidazole rings is 1. The van der Waals surface area contributed by atoms with E-state index >= 15 is 0 Å². The first-order valence-electron chi connectivity index (χ1n) is 6.87. The Hall–Kier alpha value is -0.910. The van der Waals surface area contributed by atoms with Gasteiger partial charge in [-0.3, -0.25) is 0 Å². The quantitative estimate of drug-likeness (QED) is 0.818. The first kappa shape index (κ1) is 12.1. The molecule has 3 rings (SSSR count). The predicted molar refractivity (Wildman–Crippen MR) is 69.6 cm³/mol. The minimum absolute atomic E-state index is 0.230. The van der Waals surface area contributed by atoms with Crippen molar-refractivity contribution in [3.63, 3.8) is 0 Å². The molecule has 18 heavy (non-hydrogen) atoms. The second-order valence-electron chi connectivity index (χ2n) is 5.41. The lowest BCUT2D eigenvalue weighted by atomic mass is 9.96. The molecule has 1 aromatic rings. The van der Waals surface area contributed by atoms with Gasteiger partial charge < -0.3 is 19.9 Å². The van der Waals surface area contributed by atoms with Crippen LogP contribution in [0.25, 0.3) is 0 Å². The Morgan fingerprint density at radius 3 is 3.22 bits per heavy atom. The molecular formula is C13H22N4O. The molecule has 0 bridgehead atoms. The number of rotatable bonds is 2. The molecule has 2 unspecified atom stereocenters. The summed E-state index contributed by atoms with van der Waals surface area (Å²) in [6.07, 6.45) is 4.55. The van der Waals surface area contributed by atoms with Gasteiger partial charge in [0.15, 0.2) is 0 Å². The van der Waals surface area contributed by atoms with Gasteiger partial charge in [0, 0.05) is 30.9 Å². The molecule has 2 aliphatic heterocycles. The van der Waals surface area contributed by atoms with Crippen molar-refractivity contribution in [2.24, 2.45) is 0 Å². The molecule has 1 aromatic heterocycles. The lowest BCUT2D eigenvalue weighted by Gasteiger charge is -2.29. The molecule has 2 N–H and O–H groups in total. The minimum Gasteiger partial charge on any atom is -0.378 e. The highest BCUT2D eigenvalue weighted by molar-refractivity contribution is 5.11. The summed E-state index contributed by atoms with van der Waals surface area (Å²) < 4.78 is 5.48. The van der Waals surface area contributed by atoms with Crippen LogP contribution in [-0.2, 0) is 4.74 Å². The molecule has 2 saturated heterocycles. The summed E-state index contributed by atoms with van der Waals surface area (Å²) in [4.78, 5) is 10.4. The summed E-state index contributed by atoms with van der Waals surface area (Å²) in [6, 6.07) is 0.230. The number of nitrogens with zero attached hydrogens (tertiary/aromatic N) is 2. The fraction of sp³-hybridized carbons (Fsp3) is 0.769. The topological polar surface area (TPSA) is 53.2 Å². The first-order chi connectivity index (χ1) is 8.83. The number of morpholine rings is 1. The van der Waals surface area contributed by atoms with E-state index in [1.54, 1.807) is 0 Å².